The smallest absolute Gasteiger partial charge is 0.422 e. The summed E-state index contributed by atoms with van der Waals surface area (Å²) in [5.74, 6) is 0. The molecule has 1 amide bonds. The summed E-state index contributed by atoms with van der Waals surface area (Å²) < 4.78 is 31.5. The van der Waals surface area contributed by atoms with Gasteiger partial charge in [0, 0.05) is 6.04 Å². The molecule has 0 aliphatic heterocycles. The van der Waals surface area contributed by atoms with E-state index in [-0.39, 0.29) is 6.04 Å². The Morgan fingerprint density at radius 3 is 2.70 bits per heavy atom. The topological polar surface area (TPSA) is 96.5 Å². The first-order valence-electron chi connectivity index (χ1n) is 6.09. The van der Waals surface area contributed by atoms with Crippen LogP contribution in [0.2, 0.25) is 0 Å². The molecule has 0 heterocycles. The lowest BCUT2D eigenvalue weighted by Crippen LogP contribution is -2.35. The van der Waals surface area contributed by atoms with Crippen molar-refractivity contribution in [3.8, 4) is 0 Å². The van der Waals surface area contributed by atoms with E-state index in [0.29, 0.717) is 5.69 Å². The highest BCUT2D eigenvalue weighted by atomic mass is 32.2. The number of hydrogen-bond donors (Lipinski definition) is 3. The van der Waals surface area contributed by atoms with Crippen LogP contribution in [0.4, 0.5) is 10.5 Å². The van der Waals surface area contributed by atoms with Crippen LogP contribution < -0.4 is 14.8 Å². The quantitative estimate of drug-likeness (QED) is 0.737. The van der Waals surface area contributed by atoms with Gasteiger partial charge in [-0.1, -0.05) is 19.1 Å². The fraction of sp³-hybridized carbons (Fsp3) is 0.417. The number of anilines is 1. The highest BCUT2D eigenvalue weighted by Gasteiger charge is 2.15. The monoisotopic (exact) mass is 301 g/mol. The Labute approximate surface area is 118 Å². The fourth-order valence-corrected chi connectivity index (χ4v) is 2.42. The SMILES string of the molecule is CCNC(C)c1cccc(NS(=O)(=O)NC(=O)OC)c1. The Bertz CT molecular complexity index is 560. The molecule has 112 valence electrons. The normalized spacial score (nSPS) is 12.6. The molecule has 7 nitrogen and oxygen atoms in total. The van der Waals surface area contributed by atoms with E-state index in [0.717, 1.165) is 19.2 Å². The lowest BCUT2D eigenvalue weighted by Gasteiger charge is -2.14. The number of methoxy groups -OCH3 is 1. The number of ether oxygens (including phenoxy) is 1. The van der Waals surface area contributed by atoms with Gasteiger partial charge in [-0.25, -0.2) is 9.52 Å². The van der Waals surface area contributed by atoms with Crippen molar-refractivity contribution in [1.29, 1.82) is 0 Å². The van der Waals surface area contributed by atoms with Crippen molar-refractivity contribution in [2.24, 2.45) is 0 Å². The van der Waals surface area contributed by atoms with Crippen molar-refractivity contribution < 1.29 is 17.9 Å². The first-order valence-corrected chi connectivity index (χ1v) is 7.58. The molecular weight excluding hydrogens is 282 g/mol. The number of hydrogen-bond acceptors (Lipinski definition) is 5. The van der Waals surface area contributed by atoms with E-state index in [9.17, 15) is 13.2 Å². The maximum Gasteiger partial charge on any atom is 0.422 e. The Kier molecular flexibility index (Phi) is 5.78. The summed E-state index contributed by atoms with van der Waals surface area (Å²) in [5.41, 5.74) is 1.30. The summed E-state index contributed by atoms with van der Waals surface area (Å²) in [6.45, 7) is 4.77. The van der Waals surface area contributed by atoms with Crippen LogP contribution in [0.5, 0.6) is 0 Å². The number of rotatable bonds is 6. The summed E-state index contributed by atoms with van der Waals surface area (Å²) in [5, 5.41) is 3.23. The second-order valence-corrected chi connectivity index (χ2v) is 5.52. The number of benzene rings is 1. The van der Waals surface area contributed by atoms with E-state index in [1.54, 1.807) is 22.9 Å². The van der Waals surface area contributed by atoms with Gasteiger partial charge in [0.2, 0.25) is 0 Å². The fourth-order valence-electron chi connectivity index (χ4n) is 1.63. The Hall–Kier alpha value is -1.80. The van der Waals surface area contributed by atoms with E-state index < -0.39 is 16.3 Å². The Balaban J connectivity index is 2.83. The van der Waals surface area contributed by atoms with Crippen LogP contribution in [-0.2, 0) is 14.9 Å². The maximum atomic E-state index is 11.6. The largest absolute Gasteiger partial charge is 0.452 e. The zero-order valence-electron chi connectivity index (χ0n) is 11.6. The summed E-state index contributed by atoms with van der Waals surface area (Å²) in [6.07, 6.45) is -1.05. The van der Waals surface area contributed by atoms with Gasteiger partial charge in [0.25, 0.3) is 0 Å². The second-order valence-electron chi connectivity index (χ2n) is 4.10. The van der Waals surface area contributed by atoms with Crippen LogP contribution in [0, 0.1) is 0 Å². The number of nitrogens with one attached hydrogen (secondary N) is 3. The third-order valence-electron chi connectivity index (χ3n) is 2.55. The lowest BCUT2D eigenvalue weighted by atomic mass is 10.1. The zero-order valence-corrected chi connectivity index (χ0v) is 12.5. The summed E-state index contributed by atoms with van der Waals surface area (Å²) in [6, 6.07) is 7.01. The molecule has 0 aromatic heterocycles. The molecule has 1 rings (SSSR count). The third-order valence-corrected chi connectivity index (χ3v) is 3.49. The van der Waals surface area contributed by atoms with Gasteiger partial charge in [-0.2, -0.15) is 8.42 Å². The minimum Gasteiger partial charge on any atom is -0.452 e. The van der Waals surface area contributed by atoms with Gasteiger partial charge in [0.05, 0.1) is 12.8 Å². The molecule has 1 atom stereocenters. The molecule has 0 radical (unpaired) electrons. The first-order chi connectivity index (χ1) is 9.38. The van der Waals surface area contributed by atoms with Crippen molar-refractivity contribution in [1.82, 2.24) is 10.0 Å². The van der Waals surface area contributed by atoms with Crippen LogP contribution in [0.3, 0.4) is 0 Å². The Morgan fingerprint density at radius 1 is 1.40 bits per heavy atom. The molecule has 20 heavy (non-hydrogen) atoms. The predicted molar refractivity (Wildman–Crippen MR) is 76.6 cm³/mol. The molecule has 0 aliphatic rings. The predicted octanol–water partition coefficient (Wildman–Crippen LogP) is 1.37. The molecule has 1 aromatic rings. The Morgan fingerprint density at radius 2 is 2.10 bits per heavy atom. The van der Waals surface area contributed by atoms with Crippen LogP contribution in [0.25, 0.3) is 0 Å². The number of carbonyl (C=O) groups excluding carboxylic acids is 1. The summed E-state index contributed by atoms with van der Waals surface area (Å²) in [7, 11) is -2.91. The maximum absolute atomic E-state index is 11.6. The zero-order chi connectivity index (χ0) is 15.2. The number of carbonyl (C=O) groups is 1. The highest BCUT2D eigenvalue weighted by Crippen LogP contribution is 2.17. The molecule has 1 aromatic carbocycles. The molecule has 0 saturated heterocycles. The van der Waals surface area contributed by atoms with E-state index in [4.69, 9.17) is 0 Å². The van der Waals surface area contributed by atoms with Gasteiger partial charge in [-0.3, -0.25) is 4.72 Å². The summed E-state index contributed by atoms with van der Waals surface area (Å²) in [4.78, 5) is 10.9. The summed E-state index contributed by atoms with van der Waals surface area (Å²) >= 11 is 0. The van der Waals surface area contributed by atoms with Crippen LogP contribution in [-0.4, -0.2) is 28.2 Å². The average Bonchev–Trinajstić information content (AvgIpc) is 2.38. The van der Waals surface area contributed by atoms with E-state index in [2.05, 4.69) is 14.8 Å². The molecule has 0 saturated carbocycles. The number of amides is 1. The minimum absolute atomic E-state index is 0.0954. The van der Waals surface area contributed by atoms with E-state index in [1.165, 1.54) is 0 Å². The van der Waals surface area contributed by atoms with Gasteiger partial charge >= 0.3 is 16.3 Å². The highest BCUT2D eigenvalue weighted by molar-refractivity contribution is 7.91. The molecular formula is C12H19N3O4S. The molecule has 0 spiro atoms. The molecule has 0 aliphatic carbocycles. The van der Waals surface area contributed by atoms with Crippen LogP contribution in [0.15, 0.2) is 24.3 Å². The van der Waals surface area contributed by atoms with Crippen LogP contribution >= 0.6 is 0 Å². The standard InChI is InChI=1S/C12H19N3O4S/c1-4-13-9(2)10-6-5-7-11(8-10)14-20(17,18)15-12(16)19-3/h5-9,13-14H,4H2,1-3H3,(H,15,16). The first kappa shape index (κ1) is 16.3. The molecule has 8 heteroatoms. The van der Waals surface area contributed by atoms with Crippen molar-refractivity contribution >= 4 is 22.0 Å². The van der Waals surface area contributed by atoms with Crippen molar-refractivity contribution in [2.75, 3.05) is 18.4 Å². The molecule has 0 fully saturated rings. The van der Waals surface area contributed by atoms with Gasteiger partial charge in [0.15, 0.2) is 0 Å². The van der Waals surface area contributed by atoms with Crippen molar-refractivity contribution in [2.45, 2.75) is 19.9 Å². The van der Waals surface area contributed by atoms with Gasteiger partial charge in [-0.05, 0) is 31.2 Å². The second kappa shape index (κ2) is 7.11. The van der Waals surface area contributed by atoms with Crippen molar-refractivity contribution in [3.63, 3.8) is 0 Å². The minimum atomic E-state index is -4.00. The molecule has 1 unspecified atom stereocenters. The van der Waals surface area contributed by atoms with Gasteiger partial charge in [0.1, 0.15) is 0 Å². The molecule has 0 bridgehead atoms. The van der Waals surface area contributed by atoms with E-state index in [1.807, 2.05) is 19.9 Å². The third kappa shape index (κ3) is 5.06. The molecule has 3 N–H and O–H groups in total. The van der Waals surface area contributed by atoms with E-state index >= 15 is 0 Å². The van der Waals surface area contributed by atoms with Crippen molar-refractivity contribution in [3.05, 3.63) is 29.8 Å². The van der Waals surface area contributed by atoms with Crippen LogP contribution in [0.1, 0.15) is 25.5 Å². The average molecular weight is 301 g/mol. The van der Waals surface area contributed by atoms with Gasteiger partial charge < -0.3 is 10.1 Å². The lowest BCUT2D eigenvalue weighted by molar-refractivity contribution is 0.177. The van der Waals surface area contributed by atoms with Gasteiger partial charge in [-0.15, -0.1) is 0 Å².